The van der Waals surface area contributed by atoms with Gasteiger partial charge in [-0.1, -0.05) is 6.07 Å². The zero-order chi connectivity index (χ0) is 16.1. The standard InChI is InChI=1S/C18H17N3O2S/c22-16(14-3-1-9-23-14)20-7-5-18(12-20)6-8-21-13(11-19-17(18)21)15-4-2-10-24-15/h1-4,9-11H,5-8,12H2/t18-/m1/s1. The zero-order valence-electron chi connectivity index (χ0n) is 13.1. The first-order valence-electron chi connectivity index (χ1n) is 8.20. The monoisotopic (exact) mass is 339 g/mol. The molecular weight excluding hydrogens is 322 g/mol. The smallest absolute Gasteiger partial charge is 0.289 e. The third-order valence-corrected chi connectivity index (χ3v) is 6.18. The van der Waals surface area contributed by atoms with Crippen molar-refractivity contribution in [3.8, 4) is 10.6 Å². The summed E-state index contributed by atoms with van der Waals surface area (Å²) in [5.41, 5.74) is 1.20. The summed E-state index contributed by atoms with van der Waals surface area (Å²) in [5.74, 6) is 1.55. The average molecular weight is 339 g/mol. The highest BCUT2D eigenvalue weighted by Gasteiger charge is 2.48. The Kier molecular flexibility index (Phi) is 2.97. The number of furan rings is 1. The maximum Gasteiger partial charge on any atom is 0.289 e. The van der Waals surface area contributed by atoms with Gasteiger partial charge < -0.3 is 13.9 Å². The van der Waals surface area contributed by atoms with Crippen LogP contribution in [0.5, 0.6) is 0 Å². The first kappa shape index (κ1) is 14.0. The van der Waals surface area contributed by atoms with Gasteiger partial charge in [-0.3, -0.25) is 4.79 Å². The Hall–Kier alpha value is -2.34. The van der Waals surface area contributed by atoms with Gasteiger partial charge in [-0.05, 0) is 36.4 Å². The number of hydrogen-bond acceptors (Lipinski definition) is 4. The number of thiophene rings is 1. The third-order valence-electron chi connectivity index (χ3n) is 5.29. The van der Waals surface area contributed by atoms with E-state index < -0.39 is 0 Å². The lowest BCUT2D eigenvalue weighted by atomic mass is 9.85. The Morgan fingerprint density at radius 1 is 1.25 bits per heavy atom. The number of amides is 1. The van der Waals surface area contributed by atoms with Crippen molar-refractivity contribution >= 4 is 17.2 Å². The summed E-state index contributed by atoms with van der Waals surface area (Å²) in [7, 11) is 0. The minimum atomic E-state index is -0.0136. The molecule has 2 aliphatic heterocycles. The van der Waals surface area contributed by atoms with Crippen LogP contribution in [0.4, 0.5) is 0 Å². The van der Waals surface area contributed by atoms with Crippen molar-refractivity contribution in [1.82, 2.24) is 14.5 Å². The summed E-state index contributed by atoms with van der Waals surface area (Å²) in [6.07, 6.45) is 5.56. The molecule has 1 atom stereocenters. The summed E-state index contributed by atoms with van der Waals surface area (Å²) < 4.78 is 7.61. The van der Waals surface area contributed by atoms with Crippen LogP contribution in [0.25, 0.3) is 10.6 Å². The Bertz CT molecular complexity index is 882. The van der Waals surface area contributed by atoms with Crippen LogP contribution in [0.15, 0.2) is 46.5 Å². The molecule has 6 heteroatoms. The van der Waals surface area contributed by atoms with E-state index in [1.807, 2.05) is 11.1 Å². The average Bonchev–Trinajstić information content (AvgIpc) is 3.41. The second-order valence-corrected chi connectivity index (χ2v) is 7.53. The zero-order valence-corrected chi connectivity index (χ0v) is 14.0. The van der Waals surface area contributed by atoms with Crippen LogP contribution in [-0.4, -0.2) is 33.4 Å². The summed E-state index contributed by atoms with van der Waals surface area (Å²) in [6.45, 7) is 2.47. The van der Waals surface area contributed by atoms with Gasteiger partial charge in [0.25, 0.3) is 5.91 Å². The predicted octanol–water partition coefficient (Wildman–Crippen LogP) is 3.39. The fourth-order valence-corrected chi connectivity index (χ4v) is 4.82. The van der Waals surface area contributed by atoms with Crippen molar-refractivity contribution in [1.29, 1.82) is 0 Å². The van der Waals surface area contributed by atoms with E-state index in [9.17, 15) is 4.79 Å². The number of carbonyl (C=O) groups is 1. The minimum absolute atomic E-state index is 0.00222. The molecule has 3 aromatic rings. The molecule has 24 heavy (non-hydrogen) atoms. The molecule has 1 amide bonds. The van der Waals surface area contributed by atoms with E-state index in [2.05, 4.69) is 22.1 Å². The van der Waals surface area contributed by atoms with Crippen LogP contribution in [0.1, 0.15) is 29.2 Å². The molecule has 0 saturated carbocycles. The van der Waals surface area contributed by atoms with Crippen LogP contribution in [0, 0.1) is 0 Å². The lowest BCUT2D eigenvalue weighted by Gasteiger charge is -2.22. The first-order chi connectivity index (χ1) is 11.8. The SMILES string of the molecule is O=C(c1ccco1)N1CC[C@@]2(CCn3c(-c4cccs4)cnc32)C1. The Balaban J connectivity index is 1.45. The first-order valence-corrected chi connectivity index (χ1v) is 9.07. The Labute approximate surface area is 143 Å². The summed E-state index contributed by atoms with van der Waals surface area (Å²) in [4.78, 5) is 20.5. The second kappa shape index (κ2) is 5.08. The number of likely N-dealkylation sites (tertiary alicyclic amines) is 1. The van der Waals surface area contributed by atoms with Crippen molar-refractivity contribution in [3.05, 3.63) is 53.7 Å². The van der Waals surface area contributed by atoms with Gasteiger partial charge in [-0.15, -0.1) is 11.3 Å². The second-order valence-electron chi connectivity index (χ2n) is 6.58. The van der Waals surface area contributed by atoms with Gasteiger partial charge in [0, 0.05) is 25.0 Å². The molecule has 0 aliphatic carbocycles. The molecule has 0 radical (unpaired) electrons. The van der Waals surface area contributed by atoms with Crippen LogP contribution >= 0.6 is 11.3 Å². The number of rotatable bonds is 2. The van der Waals surface area contributed by atoms with Crippen molar-refractivity contribution in [2.75, 3.05) is 13.1 Å². The Morgan fingerprint density at radius 3 is 2.96 bits per heavy atom. The summed E-state index contributed by atoms with van der Waals surface area (Å²) >= 11 is 1.74. The fraction of sp³-hybridized carbons (Fsp3) is 0.333. The molecular formula is C18H17N3O2S. The van der Waals surface area contributed by atoms with Crippen LogP contribution in [0.3, 0.4) is 0 Å². The van der Waals surface area contributed by atoms with Crippen molar-refractivity contribution in [2.24, 2.45) is 0 Å². The van der Waals surface area contributed by atoms with Gasteiger partial charge in [-0.2, -0.15) is 0 Å². The van der Waals surface area contributed by atoms with E-state index >= 15 is 0 Å². The van der Waals surface area contributed by atoms with Gasteiger partial charge in [0.2, 0.25) is 0 Å². The fourth-order valence-electron chi connectivity index (χ4n) is 4.07. The molecule has 5 nitrogen and oxygen atoms in total. The molecule has 0 bridgehead atoms. The van der Waals surface area contributed by atoms with Gasteiger partial charge in [0.1, 0.15) is 5.82 Å². The van der Waals surface area contributed by atoms with Gasteiger partial charge in [-0.25, -0.2) is 4.98 Å². The molecule has 122 valence electrons. The number of nitrogens with zero attached hydrogens (tertiary/aromatic N) is 3. The number of aromatic nitrogens is 2. The number of fused-ring (bicyclic) bond motifs is 2. The molecule has 2 aliphatic rings. The molecule has 0 aromatic carbocycles. The highest BCUT2D eigenvalue weighted by molar-refractivity contribution is 7.13. The molecule has 0 unspecified atom stereocenters. The van der Waals surface area contributed by atoms with E-state index in [0.717, 1.165) is 38.3 Å². The van der Waals surface area contributed by atoms with E-state index in [-0.39, 0.29) is 11.3 Å². The quantitative estimate of drug-likeness (QED) is 0.719. The Morgan fingerprint density at radius 2 is 2.17 bits per heavy atom. The van der Waals surface area contributed by atoms with Gasteiger partial charge in [0.05, 0.1) is 23.0 Å². The third kappa shape index (κ3) is 1.92. The van der Waals surface area contributed by atoms with Crippen molar-refractivity contribution in [2.45, 2.75) is 24.8 Å². The number of carbonyl (C=O) groups excluding carboxylic acids is 1. The maximum absolute atomic E-state index is 12.6. The molecule has 1 spiro atoms. The van der Waals surface area contributed by atoms with E-state index in [0.29, 0.717) is 5.76 Å². The van der Waals surface area contributed by atoms with E-state index in [4.69, 9.17) is 9.40 Å². The van der Waals surface area contributed by atoms with Crippen LogP contribution in [-0.2, 0) is 12.0 Å². The van der Waals surface area contributed by atoms with Crippen LogP contribution < -0.4 is 0 Å². The highest BCUT2D eigenvalue weighted by atomic mass is 32.1. The maximum atomic E-state index is 12.6. The molecule has 0 N–H and O–H groups in total. The molecule has 1 fully saturated rings. The molecule has 3 aromatic heterocycles. The topological polar surface area (TPSA) is 51.3 Å². The summed E-state index contributed by atoms with van der Waals surface area (Å²) in [5, 5.41) is 2.10. The lowest BCUT2D eigenvalue weighted by molar-refractivity contribution is 0.0751. The van der Waals surface area contributed by atoms with E-state index in [1.54, 1.807) is 29.7 Å². The molecule has 1 saturated heterocycles. The number of imidazole rings is 1. The van der Waals surface area contributed by atoms with Crippen LogP contribution in [0.2, 0.25) is 0 Å². The van der Waals surface area contributed by atoms with Crippen molar-refractivity contribution in [3.63, 3.8) is 0 Å². The largest absolute Gasteiger partial charge is 0.459 e. The lowest BCUT2D eigenvalue weighted by Crippen LogP contribution is -2.33. The normalized spacial score (nSPS) is 22.4. The van der Waals surface area contributed by atoms with Crippen molar-refractivity contribution < 1.29 is 9.21 Å². The summed E-state index contributed by atoms with van der Waals surface area (Å²) in [6, 6.07) is 7.71. The predicted molar refractivity (Wildman–Crippen MR) is 91.1 cm³/mol. The minimum Gasteiger partial charge on any atom is -0.459 e. The van der Waals surface area contributed by atoms with E-state index in [1.165, 1.54) is 10.6 Å². The van der Waals surface area contributed by atoms with Gasteiger partial charge in [0.15, 0.2) is 5.76 Å². The molecule has 5 heterocycles. The number of hydrogen-bond donors (Lipinski definition) is 0. The highest BCUT2D eigenvalue weighted by Crippen LogP contribution is 2.44. The molecule has 5 rings (SSSR count). The van der Waals surface area contributed by atoms with Gasteiger partial charge >= 0.3 is 0 Å².